The summed E-state index contributed by atoms with van der Waals surface area (Å²) >= 11 is 0. The molecule has 0 aromatic carbocycles. The summed E-state index contributed by atoms with van der Waals surface area (Å²) < 4.78 is 25.1. The Bertz CT molecular complexity index is 140. The Morgan fingerprint density at radius 1 is 1.60 bits per heavy atom. The number of halogens is 2. The average Bonchev–Trinajstić information content (AvgIpc) is 1.85. The van der Waals surface area contributed by atoms with Crippen LogP contribution < -0.4 is 0 Å². The van der Waals surface area contributed by atoms with Crippen LogP contribution in [0.25, 0.3) is 0 Å². The van der Waals surface area contributed by atoms with Crippen molar-refractivity contribution in [3.05, 3.63) is 11.6 Å². The van der Waals surface area contributed by atoms with Crippen molar-refractivity contribution >= 4 is 0 Å². The van der Waals surface area contributed by atoms with Crippen molar-refractivity contribution in [2.75, 3.05) is 0 Å². The lowest BCUT2D eigenvalue weighted by atomic mass is 9.95. The number of hydrogen-bond acceptors (Lipinski definition) is 0. The summed E-state index contributed by atoms with van der Waals surface area (Å²) in [5.74, 6) is 0. The molecular formula is C8H12F2. The van der Waals surface area contributed by atoms with Gasteiger partial charge in [-0.05, 0) is 12.8 Å². The van der Waals surface area contributed by atoms with E-state index in [2.05, 4.69) is 0 Å². The summed E-state index contributed by atoms with van der Waals surface area (Å²) in [4.78, 5) is 0. The molecule has 0 saturated heterocycles. The van der Waals surface area contributed by atoms with E-state index in [0.717, 1.165) is 12.0 Å². The standard InChI is InChI=1S/C8H12F2/c1-2-6-3-7(9)5-8(10)4-6/h3,7-8H,2,4-5H2,1H3/t7-,8+/m0/s1. The van der Waals surface area contributed by atoms with Gasteiger partial charge in [0.05, 0.1) is 0 Å². The molecule has 0 N–H and O–H groups in total. The zero-order valence-corrected chi connectivity index (χ0v) is 6.11. The topological polar surface area (TPSA) is 0 Å². The lowest BCUT2D eigenvalue weighted by Crippen LogP contribution is -2.15. The summed E-state index contributed by atoms with van der Waals surface area (Å²) in [7, 11) is 0. The Morgan fingerprint density at radius 3 is 2.80 bits per heavy atom. The molecule has 0 aromatic rings. The SMILES string of the molecule is CCC1=C[C@H](F)C[C@H](F)C1. The lowest BCUT2D eigenvalue weighted by molar-refractivity contribution is 0.231. The molecule has 1 aliphatic rings. The summed E-state index contributed by atoms with van der Waals surface area (Å²) in [6.45, 7) is 1.93. The first-order valence-electron chi connectivity index (χ1n) is 3.70. The van der Waals surface area contributed by atoms with Gasteiger partial charge in [-0.25, -0.2) is 8.78 Å². The molecule has 0 nitrogen and oxygen atoms in total. The van der Waals surface area contributed by atoms with Crippen LogP contribution in [0, 0.1) is 0 Å². The van der Waals surface area contributed by atoms with Crippen molar-refractivity contribution in [3.8, 4) is 0 Å². The highest BCUT2D eigenvalue weighted by atomic mass is 19.1. The molecule has 2 atom stereocenters. The lowest BCUT2D eigenvalue weighted by Gasteiger charge is -2.17. The van der Waals surface area contributed by atoms with Crippen molar-refractivity contribution in [1.29, 1.82) is 0 Å². The van der Waals surface area contributed by atoms with Crippen molar-refractivity contribution in [1.82, 2.24) is 0 Å². The number of rotatable bonds is 1. The van der Waals surface area contributed by atoms with Crippen LogP contribution in [-0.2, 0) is 0 Å². The quantitative estimate of drug-likeness (QED) is 0.499. The maximum absolute atomic E-state index is 12.6. The first-order valence-corrected chi connectivity index (χ1v) is 3.70. The molecule has 1 rings (SSSR count). The van der Waals surface area contributed by atoms with E-state index in [0.29, 0.717) is 6.42 Å². The second-order valence-corrected chi connectivity index (χ2v) is 2.73. The van der Waals surface area contributed by atoms with Gasteiger partial charge in [-0.1, -0.05) is 18.6 Å². The molecule has 0 saturated carbocycles. The number of alkyl halides is 2. The highest BCUT2D eigenvalue weighted by Gasteiger charge is 2.20. The maximum Gasteiger partial charge on any atom is 0.121 e. The molecule has 0 aliphatic heterocycles. The van der Waals surface area contributed by atoms with Crippen LogP contribution in [0.1, 0.15) is 26.2 Å². The van der Waals surface area contributed by atoms with Crippen LogP contribution in [0.4, 0.5) is 8.78 Å². The predicted molar refractivity (Wildman–Crippen MR) is 37.4 cm³/mol. The Labute approximate surface area is 59.9 Å². The third-order valence-electron chi connectivity index (χ3n) is 1.84. The van der Waals surface area contributed by atoms with Crippen molar-refractivity contribution in [2.24, 2.45) is 0 Å². The van der Waals surface area contributed by atoms with Crippen LogP contribution in [-0.4, -0.2) is 12.3 Å². The summed E-state index contributed by atoms with van der Waals surface area (Å²) in [5, 5.41) is 0. The first-order chi connectivity index (χ1) is 4.72. The molecule has 58 valence electrons. The molecule has 0 amide bonds. The van der Waals surface area contributed by atoms with Gasteiger partial charge in [-0.3, -0.25) is 0 Å². The fourth-order valence-electron chi connectivity index (χ4n) is 1.27. The van der Waals surface area contributed by atoms with E-state index in [1.165, 1.54) is 0 Å². The van der Waals surface area contributed by atoms with Gasteiger partial charge >= 0.3 is 0 Å². The minimum Gasteiger partial charge on any atom is -0.247 e. The van der Waals surface area contributed by atoms with Gasteiger partial charge in [0.2, 0.25) is 0 Å². The molecular weight excluding hydrogens is 134 g/mol. The highest BCUT2D eigenvalue weighted by Crippen LogP contribution is 2.24. The molecule has 0 unspecified atom stereocenters. The molecule has 10 heavy (non-hydrogen) atoms. The van der Waals surface area contributed by atoms with Gasteiger partial charge in [0.25, 0.3) is 0 Å². The summed E-state index contributed by atoms with van der Waals surface area (Å²) in [6, 6.07) is 0. The Hall–Kier alpha value is -0.400. The van der Waals surface area contributed by atoms with E-state index in [9.17, 15) is 8.78 Å². The molecule has 0 bridgehead atoms. The fraction of sp³-hybridized carbons (Fsp3) is 0.750. The normalized spacial score (nSPS) is 33.7. The zero-order chi connectivity index (χ0) is 7.56. The van der Waals surface area contributed by atoms with Crippen LogP contribution in [0.15, 0.2) is 11.6 Å². The van der Waals surface area contributed by atoms with Crippen LogP contribution in [0.2, 0.25) is 0 Å². The van der Waals surface area contributed by atoms with Crippen molar-refractivity contribution in [3.63, 3.8) is 0 Å². The van der Waals surface area contributed by atoms with Crippen LogP contribution in [0.3, 0.4) is 0 Å². The Morgan fingerprint density at radius 2 is 2.30 bits per heavy atom. The molecule has 0 fully saturated rings. The molecule has 1 aliphatic carbocycles. The second-order valence-electron chi connectivity index (χ2n) is 2.73. The predicted octanol–water partition coefficient (Wildman–Crippen LogP) is 2.79. The first kappa shape index (κ1) is 7.70. The van der Waals surface area contributed by atoms with Crippen LogP contribution >= 0.6 is 0 Å². The minimum atomic E-state index is -1.04. The molecule has 2 heteroatoms. The monoisotopic (exact) mass is 146 g/mol. The van der Waals surface area contributed by atoms with Crippen molar-refractivity contribution < 1.29 is 8.78 Å². The fourth-order valence-corrected chi connectivity index (χ4v) is 1.27. The van der Waals surface area contributed by atoms with E-state index in [1.54, 1.807) is 6.08 Å². The molecule has 0 spiro atoms. The van der Waals surface area contributed by atoms with Crippen molar-refractivity contribution in [2.45, 2.75) is 38.5 Å². The Kier molecular flexibility index (Phi) is 2.41. The van der Waals surface area contributed by atoms with Gasteiger partial charge in [-0.2, -0.15) is 0 Å². The summed E-state index contributed by atoms with van der Waals surface area (Å²) in [6.07, 6.45) is 0.839. The smallest absolute Gasteiger partial charge is 0.121 e. The molecule has 0 radical (unpaired) electrons. The number of hydrogen-bond donors (Lipinski definition) is 0. The molecule has 0 heterocycles. The summed E-state index contributed by atoms with van der Waals surface area (Å²) in [5.41, 5.74) is 0.922. The van der Waals surface area contributed by atoms with E-state index >= 15 is 0 Å². The van der Waals surface area contributed by atoms with Gasteiger partial charge in [0, 0.05) is 6.42 Å². The van der Waals surface area contributed by atoms with Gasteiger partial charge in [0.1, 0.15) is 12.3 Å². The van der Waals surface area contributed by atoms with Gasteiger partial charge < -0.3 is 0 Å². The van der Waals surface area contributed by atoms with E-state index in [1.807, 2.05) is 6.92 Å². The Balaban J connectivity index is 2.56. The minimum absolute atomic E-state index is 0.0590. The van der Waals surface area contributed by atoms with Crippen LogP contribution in [0.5, 0.6) is 0 Å². The molecule has 0 aromatic heterocycles. The third-order valence-corrected chi connectivity index (χ3v) is 1.84. The van der Waals surface area contributed by atoms with E-state index in [4.69, 9.17) is 0 Å². The number of allylic oxidation sites excluding steroid dienone is 2. The van der Waals surface area contributed by atoms with Gasteiger partial charge in [-0.15, -0.1) is 0 Å². The average molecular weight is 146 g/mol. The second kappa shape index (κ2) is 3.13. The van der Waals surface area contributed by atoms with Gasteiger partial charge in [0.15, 0.2) is 0 Å². The maximum atomic E-state index is 12.6. The zero-order valence-electron chi connectivity index (χ0n) is 6.11. The van der Waals surface area contributed by atoms with E-state index in [-0.39, 0.29) is 6.42 Å². The van der Waals surface area contributed by atoms with E-state index < -0.39 is 12.3 Å². The largest absolute Gasteiger partial charge is 0.247 e. The highest BCUT2D eigenvalue weighted by molar-refractivity contribution is 5.10. The third kappa shape index (κ3) is 1.79.